The molecule has 1 saturated heterocycles. The number of anilines is 1. The Morgan fingerprint density at radius 2 is 1.90 bits per heavy atom. The van der Waals surface area contributed by atoms with Gasteiger partial charge in [-0.05, 0) is 51.2 Å². The normalized spacial score (nSPS) is 20.1. The summed E-state index contributed by atoms with van der Waals surface area (Å²) < 4.78 is 0. The van der Waals surface area contributed by atoms with E-state index in [0.717, 1.165) is 19.5 Å². The second-order valence-electron chi connectivity index (χ2n) is 8.57. The van der Waals surface area contributed by atoms with Gasteiger partial charge in [-0.2, -0.15) is 0 Å². The lowest BCUT2D eigenvalue weighted by atomic mass is 9.90. The summed E-state index contributed by atoms with van der Waals surface area (Å²) in [5, 5.41) is 3.70. The molecule has 2 rings (SSSR count). The van der Waals surface area contributed by atoms with E-state index in [1.165, 1.54) is 17.8 Å². The summed E-state index contributed by atoms with van der Waals surface area (Å²) in [5.41, 5.74) is 2.93. The number of rotatable bonds is 3. The fourth-order valence-corrected chi connectivity index (χ4v) is 2.98. The van der Waals surface area contributed by atoms with Gasteiger partial charge in [0.25, 0.3) is 0 Å². The molecule has 1 aromatic heterocycles. The highest BCUT2D eigenvalue weighted by molar-refractivity contribution is 5.46. The molecule has 0 aromatic carbocycles. The second-order valence-corrected chi connectivity index (χ2v) is 8.57. The first-order valence-electron chi connectivity index (χ1n) is 8.10. The predicted octanol–water partition coefficient (Wildman–Crippen LogP) is 3.64. The van der Waals surface area contributed by atoms with Crippen LogP contribution in [0.3, 0.4) is 0 Å². The van der Waals surface area contributed by atoms with Crippen LogP contribution in [0.2, 0.25) is 0 Å². The Hall–Kier alpha value is -1.09. The smallest absolute Gasteiger partial charge is 0.0553 e. The van der Waals surface area contributed by atoms with Crippen LogP contribution in [0.1, 0.15) is 53.7 Å². The van der Waals surface area contributed by atoms with Gasteiger partial charge in [-0.1, -0.05) is 20.8 Å². The summed E-state index contributed by atoms with van der Waals surface area (Å²) in [6, 6.07) is 5.00. The Morgan fingerprint density at radius 1 is 1.19 bits per heavy atom. The molecule has 1 N–H and O–H groups in total. The highest BCUT2D eigenvalue weighted by Crippen LogP contribution is 2.23. The van der Waals surface area contributed by atoms with Crippen LogP contribution in [-0.2, 0) is 6.42 Å². The second kappa shape index (κ2) is 5.96. The van der Waals surface area contributed by atoms with Gasteiger partial charge in [0, 0.05) is 30.4 Å². The molecular formula is C18H31N3. The van der Waals surface area contributed by atoms with Crippen molar-refractivity contribution in [2.75, 3.05) is 18.0 Å². The van der Waals surface area contributed by atoms with Crippen molar-refractivity contribution in [1.82, 2.24) is 10.3 Å². The molecule has 2 heterocycles. The van der Waals surface area contributed by atoms with E-state index in [1.54, 1.807) is 0 Å². The SMILES string of the molecule is CC(C)(C)Cc1ccc(N2CC[C@@H](NC(C)(C)C)C2)cn1. The summed E-state index contributed by atoms with van der Waals surface area (Å²) in [6.45, 7) is 15.7. The van der Waals surface area contributed by atoms with E-state index in [1.807, 2.05) is 6.20 Å². The monoisotopic (exact) mass is 289 g/mol. The molecule has 0 radical (unpaired) electrons. The van der Waals surface area contributed by atoms with Gasteiger partial charge in [-0.25, -0.2) is 0 Å². The Bertz CT molecular complexity index is 451. The minimum absolute atomic E-state index is 0.190. The minimum atomic E-state index is 0.190. The van der Waals surface area contributed by atoms with Crippen LogP contribution in [0, 0.1) is 5.41 Å². The molecule has 1 aliphatic heterocycles. The Balaban J connectivity index is 1.94. The minimum Gasteiger partial charge on any atom is -0.369 e. The van der Waals surface area contributed by atoms with Gasteiger partial charge in [-0.3, -0.25) is 4.98 Å². The first-order valence-corrected chi connectivity index (χ1v) is 8.10. The fourth-order valence-electron chi connectivity index (χ4n) is 2.98. The highest BCUT2D eigenvalue weighted by Gasteiger charge is 2.26. The average Bonchev–Trinajstić information content (AvgIpc) is 2.74. The Morgan fingerprint density at radius 3 is 2.43 bits per heavy atom. The van der Waals surface area contributed by atoms with Crippen molar-refractivity contribution in [3.8, 4) is 0 Å². The molecule has 3 heteroatoms. The summed E-state index contributed by atoms with van der Waals surface area (Å²) in [4.78, 5) is 7.09. The van der Waals surface area contributed by atoms with Crippen LogP contribution in [0.5, 0.6) is 0 Å². The van der Waals surface area contributed by atoms with Crippen molar-refractivity contribution in [2.45, 2.75) is 66.0 Å². The van der Waals surface area contributed by atoms with Gasteiger partial charge < -0.3 is 10.2 Å². The first-order chi connectivity index (χ1) is 9.62. The van der Waals surface area contributed by atoms with Gasteiger partial charge in [-0.15, -0.1) is 0 Å². The molecule has 1 aliphatic rings. The number of hydrogen-bond donors (Lipinski definition) is 1. The molecule has 1 atom stereocenters. The van der Waals surface area contributed by atoms with Crippen LogP contribution < -0.4 is 10.2 Å². The van der Waals surface area contributed by atoms with E-state index in [0.29, 0.717) is 11.5 Å². The number of nitrogens with one attached hydrogen (secondary N) is 1. The maximum Gasteiger partial charge on any atom is 0.0553 e. The first kappa shape index (κ1) is 16.3. The predicted molar refractivity (Wildman–Crippen MR) is 90.9 cm³/mol. The summed E-state index contributed by atoms with van der Waals surface area (Å²) >= 11 is 0. The van der Waals surface area contributed by atoms with Crippen molar-refractivity contribution in [1.29, 1.82) is 0 Å². The van der Waals surface area contributed by atoms with Gasteiger partial charge in [0.2, 0.25) is 0 Å². The Kier molecular flexibility index (Phi) is 4.62. The molecule has 0 amide bonds. The molecule has 0 unspecified atom stereocenters. The van der Waals surface area contributed by atoms with E-state index in [9.17, 15) is 0 Å². The highest BCUT2D eigenvalue weighted by atomic mass is 15.2. The third-order valence-electron chi connectivity index (χ3n) is 3.71. The van der Waals surface area contributed by atoms with Gasteiger partial charge in [0.15, 0.2) is 0 Å². The van der Waals surface area contributed by atoms with Gasteiger partial charge in [0.05, 0.1) is 11.9 Å². The van der Waals surface area contributed by atoms with Crippen molar-refractivity contribution < 1.29 is 0 Å². The molecule has 118 valence electrons. The molecule has 21 heavy (non-hydrogen) atoms. The maximum absolute atomic E-state index is 4.65. The molecular weight excluding hydrogens is 258 g/mol. The molecule has 0 bridgehead atoms. The lowest BCUT2D eigenvalue weighted by Crippen LogP contribution is -2.44. The third-order valence-corrected chi connectivity index (χ3v) is 3.71. The average molecular weight is 289 g/mol. The van der Waals surface area contributed by atoms with Crippen LogP contribution in [0.15, 0.2) is 18.3 Å². The van der Waals surface area contributed by atoms with E-state index >= 15 is 0 Å². The zero-order valence-electron chi connectivity index (χ0n) is 14.5. The van der Waals surface area contributed by atoms with Crippen LogP contribution >= 0.6 is 0 Å². The molecule has 0 saturated carbocycles. The molecule has 3 nitrogen and oxygen atoms in total. The standard InChI is InChI=1S/C18H31N3/c1-17(2,3)11-14-7-8-16(12-19-14)21-10-9-15(13-21)20-18(4,5)6/h7-8,12,15,20H,9-11,13H2,1-6H3/t15-/m1/s1. The molecule has 0 spiro atoms. The number of pyridine rings is 1. The van der Waals surface area contributed by atoms with E-state index in [2.05, 4.69) is 68.9 Å². The summed E-state index contributed by atoms with van der Waals surface area (Å²) in [6.07, 6.45) is 4.28. The van der Waals surface area contributed by atoms with Crippen LogP contribution in [0.4, 0.5) is 5.69 Å². The largest absolute Gasteiger partial charge is 0.369 e. The summed E-state index contributed by atoms with van der Waals surface area (Å²) in [7, 11) is 0. The molecule has 1 aromatic rings. The number of hydrogen-bond acceptors (Lipinski definition) is 3. The zero-order chi connectivity index (χ0) is 15.7. The van der Waals surface area contributed by atoms with E-state index in [-0.39, 0.29) is 5.54 Å². The van der Waals surface area contributed by atoms with Crippen LogP contribution in [-0.4, -0.2) is 29.7 Å². The third kappa shape index (κ3) is 5.31. The fraction of sp³-hybridized carbons (Fsp3) is 0.722. The van der Waals surface area contributed by atoms with Gasteiger partial charge >= 0.3 is 0 Å². The zero-order valence-corrected chi connectivity index (χ0v) is 14.5. The van der Waals surface area contributed by atoms with E-state index < -0.39 is 0 Å². The van der Waals surface area contributed by atoms with Crippen molar-refractivity contribution >= 4 is 5.69 Å². The van der Waals surface area contributed by atoms with Gasteiger partial charge in [0.1, 0.15) is 0 Å². The topological polar surface area (TPSA) is 28.2 Å². The summed E-state index contributed by atoms with van der Waals surface area (Å²) in [5.74, 6) is 0. The quantitative estimate of drug-likeness (QED) is 0.921. The Labute approximate surface area is 130 Å². The molecule has 0 aliphatic carbocycles. The van der Waals surface area contributed by atoms with E-state index in [4.69, 9.17) is 0 Å². The van der Waals surface area contributed by atoms with Crippen molar-refractivity contribution in [3.63, 3.8) is 0 Å². The van der Waals surface area contributed by atoms with Crippen molar-refractivity contribution in [3.05, 3.63) is 24.0 Å². The lowest BCUT2D eigenvalue weighted by Gasteiger charge is -2.26. The number of aromatic nitrogens is 1. The number of nitrogens with zero attached hydrogens (tertiary/aromatic N) is 2. The van der Waals surface area contributed by atoms with Crippen molar-refractivity contribution in [2.24, 2.45) is 5.41 Å². The molecule has 1 fully saturated rings. The van der Waals surface area contributed by atoms with Crippen LogP contribution in [0.25, 0.3) is 0 Å². The lowest BCUT2D eigenvalue weighted by molar-refractivity contribution is 0.373. The maximum atomic E-state index is 4.65.